The summed E-state index contributed by atoms with van der Waals surface area (Å²) in [6.07, 6.45) is 9.66. The van der Waals surface area contributed by atoms with Gasteiger partial charge in [0.1, 0.15) is 0 Å². The number of nitrogens with zero attached hydrogens (tertiary/aromatic N) is 2. The third-order valence-corrected chi connectivity index (χ3v) is 2.33. The molecule has 92 valence electrons. The first-order chi connectivity index (χ1) is 8.24. The molecule has 5 heteroatoms. The summed E-state index contributed by atoms with van der Waals surface area (Å²) in [5.41, 5.74) is 0. The molecule has 1 atom stereocenters. The highest BCUT2D eigenvalue weighted by atomic mass is 16.2. The van der Waals surface area contributed by atoms with E-state index in [-0.39, 0.29) is 18.5 Å². The molecule has 1 rings (SSSR count). The lowest BCUT2D eigenvalue weighted by Gasteiger charge is -2.12. The van der Waals surface area contributed by atoms with Gasteiger partial charge in [-0.25, -0.2) is 0 Å². The second kappa shape index (κ2) is 7.47. The Balaban J connectivity index is 2.09. The minimum Gasteiger partial charge on any atom is -0.344 e. The fraction of sp³-hybridized carbons (Fsp3) is 0.500. The lowest BCUT2D eigenvalue weighted by Crippen LogP contribution is -2.42. The molecule has 5 nitrogen and oxygen atoms in total. The molecule has 0 aromatic carbocycles. The van der Waals surface area contributed by atoms with E-state index in [1.54, 1.807) is 6.20 Å². The van der Waals surface area contributed by atoms with Crippen LogP contribution in [0.15, 0.2) is 18.5 Å². The summed E-state index contributed by atoms with van der Waals surface area (Å²) in [6, 6.07) is 1.67. The zero-order chi connectivity index (χ0) is 12.5. The second-order valence-corrected chi connectivity index (χ2v) is 3.72. The van der Waals surface area contributed by atoms with E-state index in [4.69, 9.17) is 6.42 Å². The maximum absolute atomic E-state index is 11.4. The minimum atomic E-state index is -0.221. The Labute approximate surface area is 102 Å². The van der Waals surface area contributed by atoms with Gasteiger partial charge < -0.3 is 10.6 Å². The van der Waals surface area contributed by atoms with E-state index >= 15 is 0 Å². The van der Waals surface area contributed by atoms with Gasteiger partial charge in [0.15, 0.2) is 0 Å². The average Bonchev–Trinajstić information content (AvgIpc) is 2.84. The molecule has 0 bridgehead atoms. The van der Waals surface area contributed by atoms with Crippen LogP contribution in [0.4, 0.5) is 0 Å². The minimum absolute atomic E-state index is 0.0676. The maximum atomic E-state index is 11.4. The van der Waals surface area contributed by atoms with Gasteiger partial charge in [0, 0.05) is 18.9 Å². The van der Waals surface area contributed by atoms with Crippen LogP contribution >= 0.6 is 0 Å². The molecule has 1 unspecified atom stereocenters. The molecule has 0 fully saturated rings. The van der Waals surface area contributed by atoms with Gasteiger partial charge in [0.2, 0.25) is 5.91 Å². The van der Waals surface area contributed by atoms with E-state index in [0.717, 1.165) is 19.5 Å². The van der Waals surface area contributed by atoms with Crippen LogP contribution < -0.4 is 10.6 Å². The summed E-state index contributed by atoms with van der Waals surface area (Å²) in [5, 5.41) is 9.86. The molecular formula is C12H18N4O. The van der Waals surface area contributed by atoms with Crippen LogP contribution in [0, 0.1) is 12.3 Å². The quantitative estimate of drug-likeness (QED) is 0.516. The number of aromatic nitrogens is 2. The Kier molecular flexibility index (Phi) is 5.83. The molecule has 0 spiro atoms. The standard InChI is InChI=1S/C12H18N4O/c1-3-6-14-12(17)11(2)13-7-4-9-16-10-5-8-15-16/h1,5,8,10-11,13H,4,6-7,9H2,2H3,(H,14,17). The summed E-state index contributed by atoms with van der Waals surface area (Å²) in [6.45, 7) is 3.71. The number of carbonyl (C=O) groups excluding carboxylic acids is 1. The van der Waals surface area contributed by atoms with Gasteiger partial charge in [0.25, 0.3) is 0 Å². The van der Waals surface area contributed by atoms with Crippen LogP contribution in [-0.4, -0.2) is 34.8 Å². The highest BCUT2D eigenvalue weighted by Gasteiger charge is 2.09. The van der Waals surface area contributed by atoms with E-state index in [0.29, 0.717) is 0 Å². The van der Waals surface area contributed by atoms with E-state index in [1.807, 2.05) is 23.9 Å². The van der Waals surface area contributed by atoms with Gasteiger partial charge in [0.05, 0.1) is 12.6 Å². The molecule has 0 radical (unpaired) electrons. The number of hydrogen-bond donors (Lipinski definition) is 2. The number of aryl methyl sites for hydroxylation is 1. The van der Waals surface area contributed by atoms with Crippen molar-refractivity contribution in [2.75, 3.05) is 13.1 Å². The molecule has 1 amide bonds. The molecular weight excluding hydrogens is 216 g/mol. The molecule has 1 aromatic rings. The Hall–Kier alpha value is -1.80. The predicted molar refractivity (Wildman–Crippen MR) is 66.2 cm³/mol. The summed E-state index contributed by atoms with van der Waals surface area (Å²) in [7, 11) is 0. The van der Waals surface area contributed by atoms with Crippen LogP contribution in [0.2, 0.25) is 0 Å². The molecule has 1 heterocycles. The topological polar surface area (TPSA) is 59.0 Å². The number of terminal acetylenes is 1. The van der Waals surface area contributed by atoms with Gasteiger partial charge in [-0.2, -0.15) is 5.10 Å². The van der Waals surface area contributed by atoms with Crippen molar-refractivity contribution in [1.29, 1.82) is 0 Å². The van der Waals surface area contributed by atoms with Crippen molar-refractivity contribution in [2.45, 2.75) is 25.9 Å². The van der Waals surface area contributed by atoms with Crippen molar-refractivity contribution in [3.05, 3.63) is 18.5 Å². The van der Waals surface area contributed by atoms with Crippen LogP contribution in [0.25, 0.3) is 0 Å². The molecule has 17 heavy (non-hydrogen) atoms. The average molecular weight is 234 g/mol. The molecule has 0 aliphatic carbocycles. The van der Waals surface area contributed by atoms with E-state index in [2.05, 4.69) is 21.7 Å². The summed E-state index contributed by atoms with van der Waals surface area (Å²) in [4.78, 5) is 11.4. The number of carbonyl (C=O) groups is 1. The Morgan fingerprint density at radius 3 is 3.12 bits per heavy atom. The van der Waals surface area contributed by atoms with Gasteiger partial charge in [-0.1, -0.05) is 5.92 Å². The van der Waals surface area contributed by atoms with Crippen LogP contribution in [0.1, 0.15) is 13.3 Å². The third kappa shape index (κ3) is 5.18. The smallest absolute Gasteiger partial charge is 0.237 e. The van der Waals surface area contributed by atoms with E-state index < -0.39 is 0 Å². The van der Waals surface area contributed by atoms with Crippen molar-refractivity contribution in [3.63, 3.8) is 0 Å². The summed E-state index contributed by atoms with van der Waals surface area (Å²) >= 11 is 0. The van der Waals surface area contributed by atoms with E-state index in [1.165, 1.54) is 0 Å². The largest absolute Gasteiger partial charge is 0.344 e. The van der Waals surface area contributed by atoms with Crippen molar-refractivity contribution in [2.24, 2.45) is 0 Å². The third-order valence-electron chi connectivity index (χ3n) is 2.33. The number of hydrogen-bond acceptors (Lipinski definition) is 3. The lowest BCUT2D eigenvalue weighted by atomic mass is 10.3. The zero-order valence-corrected chi connectivity index (χ0v) is 10.0. The van der Waals surface area contributed by atoms with Crippen LogP contribution in [0.3, 0.4) is 0 Å². The summed E-state index contributed by atoms with van der Waals surface area (Å²) in [5.74, 6) is 2.30. The van der Waals surface area contributed by atoms with Gasteiger partial charge in [-0.15, -0.1) is 6.42 Å². The molecule has 0 saturated carbocycles. The monoisotopic (exact) mass is 234 g/mol. The number of rotatable bonds is 7. The van der Waals surface area contributed by atoms with E-state index in [9.17, 15) is 4.79 Å². The molecule has 0 aliphatic heterocycles. The van der Waals surface area contributed by atoms with Crippen molar-refractivity contribution in [1.82, 2.24) is 20.4 Å². The van der Waals surface area contributed by atoms with Gasteiger partial charge in [-0.05, 0) is 26.0 Å². The highest BCUT2D eigenvalue weighted by Crippen LogP contribution is 1.89. The van der Waals surface area contributed by atoms with Gasteiger partial charge >= 0.3 is 0 Å². The second-order valence-electron chi connectivity index (χ2n) is 3.72. The fourth-order valence-electron chi connectivity index (χ4n) is 1.38. The highest BCUT2D eigenvalue weighted by molar-refractivity contribution is 5.81. The first-order valence-corrected chi connectivity index (χ1v) is 5.66. The Morgan fingerprint density at radius 2 is 2.47 bits per heavy atom. The fourth-order valence-corrected chi connectivity index (χ4v) is 1.38. The van der Waals surface area contributed by atoms with Crippen molar-refractivity contribution >= 4 is 5.91 Å². The Bertz CT molecular complexity index is 366. The normalized spacial score (nSPS) is 11.8. The van der Waals surface area contributed by atoms with Crippen molar-refractivity contribution < 1.29 is 4.79 Å². The SMILES string of the molecule is C#CCNC(=O)C(C)NCCCn1cccn1. The number of amides is 1. The molecule has 0 aliphatic rings. The van der Waals surface area contributed by atoms with Gasteiger partial charge in [-0.3, -0.25) is 9.48 Å². The summed E-state index contributed by atoms with van der Waals surface area (Å²) < 4.78 is 1.87. The van der Waals surface area contributed by atoms with Crippen molar-refractivity contribution in [3.8, 4) is 12.3 Å². The predicted octanol–water partition coefficient (Wildman–Crippen LogP) is 0.000700. The number of nitrogens with one attached hydrogen (secondary N) is 2. The zero-order valence-electron chi connectivity index (χ0n) is 10.0. The molecule has 0 saturated heterocycles. The lowest BCUT2D eigenvalue weighted by molar-refractivity contribution is -0.122. The Morgan fingerprint density at radius 1 is 1.65 bits per heavy atom. The first kappa shape index (κ1) is 13.3. The van der Waals surface area contributed by atoms with Crippen LogP contribution in [-0.2, 0) is 11.3 Å². The first-order valence-electron chi connectivity index (χ1n) is 5.66. The molecule has 1 aromatic heterocycles. The maximum Gasteiger partial charge on any atom is 0.237 e. The van der Waals surface area contributed by atoms with Crippen LogP contribution in [0.5, 0.6) is 0 Å². The molecule has 2 N–H and O–H groups in total.